The predicted molar refractivity (Wildman–Crippen MR) is 78.5 cm³/mol. The first-order chi connectivity index (χ1) is 9.19. The van der Waals surface area contributed by atoms with Crippen molar-refractivity contribution in [1.82, 2.24) is 9.97 Å². The Morgan fingerprint density at radius 1 is 1.16 bits per heavy atom. The summed E-state index contributed by atoms with van der Waals surface area (Å²) in [5, 5.41) is 3.14. The van der Waals surface area contributed by atoms with Crippen molar-refractivity contribution in [3.63, 3.8) is 0 Å². The van der Waals surface area contributed by atoms with E-state index in [1.54, 1.807) is 0 Å². The maximum atomic E-state index is 4.62. The maximum absolute atomic E-state index is 4.62. The van der Waals surface area contributed by atoms with Crippen molar-refractivity contribution in [3.8, 4) is 11.4 Å². The van der Waals surface area contributed by atoms with E-state index in [-0.39, 0.29) is 0 Å². The molecule has 2 aromatic rings. The lowest BCUT2D eigenvalue weighted by atomic mass is 10.1. The van der Waals surface area contributed by atoms with Gasteiger partial charge in [0.25, 0.3) is 0 Å². The molecule has 1 aromatic heterocycles. The van der Waals surface area contributed by atoms with Gasteiger partial charge in [0.2, 0.25) is 0 Å². The van der Waals surface area contributed by atoms with E-state index in [1.807, 2.05) is 20.9 Å². The number of rotatable bonds is 3. The van der Waals surface area contributed by atoms with Crippen LogP contribution in [0.4, 0.5) is 5.82 Å². The topological polar surface area (TPSA) is 37.8 Å². The monoisotopic (exact) mass is 253 g/mol. The fraction of sp³-hybridized carbons (Fsp3) is 0.375. The van der Waals surface area contributed by atoms with Crippen LogP contribution >= 0.6 is 0 Å². The smallest absolute Gasteiger partial charge is 0.161 e. The lowest BCUT2D eigenvalue weighted by Gasteiger charge is -2.10. The van der Waals surface area contributed by atoms with Gasteiger partial charge in [-0.3, -0.25) is 0 Å². The first kappa shape index (κ1) is 12.2. The SMILES string of the molecule is CNc1nc(-c2cccc(C3CC3)c2)nc(C)c1C. The van der Waals surface area contributed by atoms with E-state index in [2.05, 4.69) is 39.6 Å². The number of aromatic nitrogens is 2. The third-order valence-electron chi connectivity index (χ3n) is 3.82. The van der Waals surface area contributed by atoms with E-state index in [9.17, 15) is 0 Å². The van der Waals surface area contributed by atoms with Gasteiger partial charge in [0, 0.05) is 23.9 Å². The lowest BCUT2D eigenvalue weighted by Crippen LogP contribution is -2.02. The fourth-order valence-corrected chi connectivity index (χ4v) is 2.35. The van der Waals surface area contributed by atoms with E-state index >= 15 is 0 Å². The number of nitrogens with one attached hydrogen (secondary N) is 1. The van der Waals surface area contributed by atoms with Gasteiger partial charge in [-0.15, -0.1) is 0 Å². The summed E-state index contributed by atoms with van der Waals surface area (Å²) in [7, 11) is 1.90. The van der Waals surface area contributed by atoms with Gasteiger partial charge in [0.1, 0.15) is 5.82 Å². The Labute approximate surface area is 114 Å². The van der Waals surface area contributed by atoms with Crippen LogP contribution in [0.2, 0.25) is 0 Å². The molecular weight excluding hydrogens is 234 g/mol. The van der Waals surface area contributed by atoms with Gasteiger partial charge in [0.15, 0.2) is 5.82 Å². The Bertz CT molecular complexity index is 615. The molecule has 1 aliphatic rings. The van der Waals surface area contributed by atoms with Crippen LogP contribution in [0, 0.1) is 13.8 Å². The lowest BCUT2D eigenvalue weighted by molar-refractivity contribution is 1.06. The second-order valence-electron chi connectivity index (χ2n) is 5.26. The molecule has 3 heteroatoms. The first-order valence-corrected chi connectivity index (χ1v) is 6.82. The highest BCUT2D eigenvalue weighted by atomic mass is 15.0. The van der Waals surface area contributed by atoms with Crippen LogP contribution in [0.1, 0.15) is 35.6 Å². The van der Waals surface area contributed by atoms with Crippen molar-refractivity contribution < 1.29 is 0 Å². The highest BCUT2D eigenvalue weighted by Gasteiger charge is 2.23. The minimum Gasteiger partial charge on any atom is -0.373 e. The molecule has 0 amide bonds. The van der Waals surface area contributed by atoms with Gasteiger partial charge in [-0.25, -0.2) is 9.97 Å². The second-order valence-corrected chi connectivity index (χ2v) is 5.26. The Kier molecular flexibility index (Phi) is 2.97. The second kappa shape index (κ2) is 4.65. The first-order valence-electron chi connectivity index (χ1n) is 6.82. The van der Waals surface area contributed by atoms with Crippen molar-refractivity contribution in [2.75, 3.05) is 12.4 Å². The summed E-state index contributed by atoms with van der Waals surface area (Å²) in [5.41, 5.74) is 4.69. The van der Waals surface area contributed by atoms with Gasteiger partial charge in [-0.1, -0.05) is 18.2 Å². The molecule has 1 N–H and O–H groups in total. The summed E-state index contributed by atoms with van der Waals surface area (Å²) in [6, 6.07) is 8.65. The molecule has 19 heavy (non-hydrogen) atoms. The van der Waals surface area contributed by atoms with Crippen LogP contribution in [-0.4, -0.2) is 17.0 Å². The Hall–Kier alpha value is -1.90. The van der Waals surface area contributed by atoms with E-state index < -0.39 is 0 Å². The van der Waals surface area contributed by atoms with Gasteiger partial charge in [-0.05, 0) is 44.2 Å². The Balaban J connectivity index is 2.05. The molecule has 0 aliphatic heterocycles. The predicted octanol–water partition coefficient (Wildman–Crippen LogP) is 3.68. The van der Waals surface area contributed by atoms with Crippen molar-refractivity contribution in [3.05, 3.63) is 41.1 Å². The van der Waals surface area contributed by atoms with Crippen molar-refractivity contribution in [2.24, 2.45) is 0 Å². The zero-order valence-electron chi connectivity index (χ0n) is 11.7. The molecule has 3 rings (SSSR count). The van der Waals surface area contributed by atoms with Crippen LogP contribution in [0.5, 0.6) is 0 Å². The van der Waals surface area contributed by atoms with Gasteiger partial charge >= 0.3 is 0 Å². The molecule has 0 atom stereocenters. The molecule has 0 radical (unpaired) electrons. The summed E-state index contributed by atoms with van der Waals surface area (Å²) in [6.07, 6.45) is 2.64. The summed E-state index contributed by atoms with van der Waals surface area (Å²) in [6.45, 7) is 4.08. The number of aryl methyl sites for hydroxylation is 1. The largest absolute Gasteiger partial charge is 0.373 e. The van der Waals surface area contributed by atoms with Crippen molar-refractivity contribution >= 4 is 5.82 Å². The zero-order valence-corrected chi connectivity index (χ0v) is 11.7. The van der Waals surface area contributed by atoms with Gasteiger partial charge in [-0.2, -0.15) is 0 Å². The van der Waals surface area contributed by atoms with Gasteiger partial charge < -0.3 is 5.32 Å². The fourth-order valence-electron chi connectivity index (χ4n) is 2.35. The number of anilines is 1. The average molecular weight is 253 g/mol. The van der Waals surface area contributed by atoms with Crippen LogP contribution in [0.3, 0.4) is 0 Å². The molecule has 0 spiro atoms. The normalized spacial score (nSPS) is 14.5. The number of nitrogens with zero attached hydrogens (tertiary/aromatic N) is 2. The van der Waals surface area contributed by atoms with E-state index in [0.29, 0.717) is 0 Å². The number of benzene rings is 1. The van der Waals surface area contributed by atoms with Gasteiger partial charge in [0.05, 0.1) is 0 Å². The Morgan fingerprint density at radius 3 is 2.63 bits per heavy atom. The summed E-state index contributed by atoms with van der Waals surface area (Å²) in [5.74, 6) is 2.49. The van der Waals surface area contributed by atoms with E-state index in [4.69, 9.17) is 0 Å². The highest BCUT2D eigenvalue weighted by Crippen LogP contribution is 2.40. The molecule has 1 saturated carbocycles. The molecule has 0 unspecified atom stereocenters. The molecule has 1 fully saturated rings. The van der Waals surface area contributed by atoms with Crippen LogP contribution in [-0.2, 0) is 0 Å². The number of hydrogen-bond acceptors (Lipinski definition) is 3. The average Bonchev–Trinajstić information content (AvgIpc) is 3.26. The molecule has 3 nitrogen and oxygen atoms in total. The Morgan fingerprint density at radius 2 is 1.95 bits per heavy atom. The molecule has 1 heterocycles. The third-order valence-corrected chi connectivity index (χ3v) is 3.82. The molecule has 1 aromatic carbocycles. The summed E-state index contributed by atoms with van der Waals surface area (Å²) < 4.78 is 0. The molecule has 0 saturated heterocycles. The third kappa shape index (κ3) is 2.33. The minimum absolute atomic E-state index is 0.760. The minimum atomic E-state index is 0.760. The highest BCUT2D eigenvalue weighted by molar-refractivity contribution is 5.60. The summed E-state index contributed by atoms with van der Waals surface area (Å²) in [4.78, 5) is 9.24. The van der Waals surface area contributed by atoms with Crippen molar-refractivity contribution in [1.29, 1.82) is 0 Å². The van der Waals surface area contributed by atoms with Crippen molar-refractivity contribution in [2.45, 2.75) is 32.6 Å². The zero-order chi connectivity index (χ0) is 13.4. The number of hydrogen-bond donors (Lipinski definition) is 1. The van der Waals surface area contributed by atoms with Crippen LogP contribution < -0.4 is 5.32 Å². The van der Waals surface area contributed by atoms with E-state index in [0.717, 1.165) is 34.4 Å². The molecule has 98 valence electrons. The quantitative estimate of drug-likeness (QED) is 0.906. The van der Waals surface area contributed by atoms with E-state index in [1.165, 1.54) is 18.4 Å². The molecular formula is C16H19N3. The summed E-state index contributed by atoms with van der Waals surface area (Å²) >= 11 is 0. The van der Waals surface area contributed by atoms with Crippen LogP contribution in [0.25, 0.3) is 11.4 Å². The standard InChI is InChI=1S/C16H19N3/c1-10-11(2)18-16(19-15(10)17-3)14-6-4-5-13(9-14)12-7-8-12/h4-6,9,12H,7-8H2,1-3H3,(H,17,18,19). The molecule has 1 aliphatic carbocycles. The molecule has 0 bridgehead atoms. The van der Waals surface area contributed by atoms with Crippen LogP contribution in [0.15, 0.2) is 24.3 Å². The maximum Gasteiger partial charge on any atom is 0.161 e.